The minimum absolute atomic E-state index is 0.0459. The average Bonchev–Trinajstić information content (AvgIpc) is 3.49. The first-order chi connectivity index (χ1) is 17.4. The highest BCUT2D eigenvalue weighted by Crippen LogP contribution is 2.29. The van der Waals surface area contributed by atoms with E-state index in [1.54, 1.807) is 12.1 Å². The van der Waals surface area contributed by atoms with Crippen LogP contribution in [0.3, 0.4) is 0 Å². The van der Waals surface area contributed by atoms with Crippen molar-refractivity contribution in [1.29, 1.82) is 0 Å². The van der Waals surface area contributed by atoms with E-state index >= 15 is 0 Å². The number of nitrogens with zero attached hydrogens (tertiary/aromatic N) is 3. The average molecular weight is 489 g/mol. The van der Waals surface area contributed by atoms with Crippen molar-refractivity contribution < 1.29 is 23.6 Å². The molecule has 1 amide bonds. The number of nitro benzene ring substituents is 1. The van der Waals surface area contributed by atoms with Crippen molar-refractivity contribution in [3.8, 4) is 17.2 Å². The van der Waals surface area contributed by atoms with E-state index in [9.17, 15) is 14.9 Å². The molecule has 0 bridgehead atoms. The highest BCUT2D eigenvalue weighted by molar-refractivity contribution is 5.93. The number of amides is 1. The van der Waals surface area contributed by atoms with E-state index in [4.69, 9.17) is 13.9 Å². The summed E-state index contributed by atoms with van der Waals surface area (Å²) in [6.07, 6.45) is 1.26. The van der Waals surface area contributed by atoms with Gasteiger partial charge in [-0.3, -0.25) is 14.9 Å². The molecule has 0 radical (unpaired) electrons. The maximum Gasteiger partial charge on any atom is 0.311 e. The first-order valence-corrected chi connectivity index (χ1v) is 11.0. The standard InChI is InChI=1S/C26H24N4O6/c1-17-7-8-18(2)29(17)20-9-11-21(12-10-20)35-16-22-13-14-24(36-22)26(31)28-27-15-19-5-4-6-23(30(32)33)25(19)34-3/h4-15H,16H2,1-3H3,(H,28,31)/b27-15+. The molecule has 0 fully saturated rings. The fraction of sp³-hybridized carbons (Fsp3) is 0.154. The molecule has 0 atom stereocenters. The van der Waals surface area contributed by atoms with Gasteiger partial charge >= 0.3 is 11.6 Å². The van der Waals surface area contributed by atoms with Crippen LogP contribution < -0.4 is 14.9 Å². The molecular formula is C26H24N4O6. The molecule has 2 aromatic carbocycles. The van der Waals surface area contributed by atoms with Crippen molar-refractivity contribution in [2.45, 2.75) is 20.5 Å². The summed E-state index contributed by atoms with van der Waals surface area (Å²) in [5, 5.41) is 15.0. The van der Waals surface area contributed by atoms with E-state index in [0.29, 0.717) is 17.1 Å². The smallest absolute Gasteiger partial charge is 0.311 e. The normalized spacial score (nSPS) is 11.0. The van der Waals surface area contributed by atoms with Crippen LogP contribution in [0, 0.1) is 24.0 Å². The molecule has 0 spiro atoms. The molecular weight excluding hydrogens is 464 g/mol. The molecule has 10 nitrogen and oxygen atoms in total. The monoisotopic (exact) mass is 488 g/mol. The van der Waals surface area contributed by atoms with Gasteiger partial charge in [0.25, 0.3) is 0 Å². The van der Waals surface area contributed by atoms with Gasteiger partial charge in [-0.2, -0.15) is 5.10 Å². The maximum atomic E-state index is 12.4. The number of furan rings is 1. The Morgan fingerprint density at radius 1 is 1.08 bits per heavy atom. The van der Waals surface area contributed by atoms with E-state index in [1.807, 2.05) is 24.3 Å². The second kappa shape index (κ2) is 10.6. The molecule has 0 aliphatic heterocycles. The first-order valence-electron chi connectivity index (χ1n) is 11.0. The number of nitrogens with one attached hydrogen (secondary N) is 1. The summed E-state index contributed by atoms with van der Waals surface area (Å²) in [4.78, 5) is 22.9. The zero-order valence-corrected chi connectivity index (χ0v) is 19.9. The van der Waals surface area contributed by atoms with Gasteiger partial charge in [-0.15, -0.1) is 0 Å². The first kappa shape index (κ1) is 24.3. The Labute approximate surface area is 206 Å². The van der Waals surface area contributed by atoms with Crippen LogP contribution >= 0.6 is 0 Å². The number of carbonyl (C=O) groups is 1. The molecule has 0 aliphatic carbocycles. The van der Waals surface area contributed by atoms with Crippen LogP contribution in [0.2, 0.25) is 0 Å². The zero-order chi connectivity index (χ0) is 25.7. The fourth-order valence-corrected chi connectivity index (χ4v) is 3.72. The molecule has 0 saturated carbocycles. The summed E-state index contributed by atoms with van der Waals surface area (Å²) in [6, 6.07) is 19.4. The molecule has 184 valence electrons. The lowest BCUT2D eigenvalue weighted by molar-refractivity contribution is -0.385. The van der Waals surface area contributed by atoms with Crippen LogP contribution in [-0.4, -0.2) is 28.7 Å². The van der Waals surface area contributed by atoms with Crippen molar-refractivity contribution in [2.24, 2.45) is 5.10 Å². The number of hydrazone groups is 1. The van der Waals surface area contributed by atoms with E-state index in [1.165, 1.54) is 31.5 Å². The highest BCUT2D eigenvalue weighted by Gasteiger charge is 2.17. The highest BCUT2D eigenvalue weighted by atomic mass is 16.6. The third-order valence-corrected chi connectivity index (χ3v) is 5.43. The number of benzene rings is 2. The summed E-state index contributed by atoms with van der Waals surface area (Å²) >= 11 is 0. The SMILES string of the molecule is COc1c(/C=N/NC(=O)c2ccc(COc3ccc(-n4c(C)ccc4C)cc3)o2)cccc1[N+](=O)[O-]. The van der Waals surface area contributed by atoms with Gasteiger partial charge in [0.1, 0.15) is 18.1 Å². The molecule has 4 aromatic rings. The minimum Gasteiger partial charge on any atom is -0.490 e. The summed E-state index contributed by atoms with van der Waals surface area (Å²) in [6.45, 7) is 4.25. The van der Waals surface area contributed by atoms with Crippen LogP contribution in [-0.2, 0) is 6.61 Å². The van der Waals surface area contributed by atoms with Crippen LogP contribution in [0.5, 0.6) is 11.5 Å². The van der Waals surface area contributed by atoms with E-state index < -0.39 is 10.8 Å². The number of methoxy groups -OCH3 is 1. The molecule has 0 aliphatic rings. The Kier molecular flexibility index (Phi) is 7.15. The predicted octanol–water partition coefficient (Wildman–Crippen LogP) is 4.95. The number of nitro groups is 1. The summed E-state index contributed by atoms with van der Waals surface area (Å²) in [5.74, 6) is 0.642. The van der Waals surface area contributed by atoms with Crippen LogP contribution in [0.1, 0.15) is 33.3 Å². The third-order valence-electron chi connectivity index (χ3n) is 5.43. The Balaban J connectivity index is 1.34. The van der Waals surface area contributed by atoms with Gasteiger partial charge in [0, 0.05) is 28.7 Å². The van der Waals surface area contributed by atoms with E-state index in [2.05, 4.69) is 41.1 Å². The van der Waals surface area contributed by atoms with Gasteiger partial charge in [0.15, 0.2) is 5.76 Å². The third kappa shape index (κ3) is 5.27. The van der Waals surface area contributed by atoms with E-state index in [0.717, 1.165) is 17.1 Å². The molecule has 10 heteroatoms. The molecule has 0 unspecified atom stereocenters. The van der Waals surface area contributed by atoms with Gasteiger partial charge in [-0.1, -0.05) is 6.07 Å². The molecule has 2 aromatic heterocycles. The number of aromatic nitrogens is 1. The van der Waals surface area contributed by atoms with Crippen molar-refractivity contribution in [3.05, 3.63) is 105 Å². The maximum absolute atomic E-state index is 12.4. The molecule has 36 heavy (non-hydrogen) atoms. The van der Waals surface area contributed by atoms with Crippen LogP contribution in [0.4, 0.5) is 5.69 Å². The predicted molar refractivity (Wildman–Crippen MR) is 133 cm³/mol. The van der Waals surface area contributed by atoms with Crippen molar-refractivity contribution >= 4 is 17.8 Å². The number of aryl methyl sites for hydroxylation is 2. The second-order valence-corrected chi connectivity index (χ2v) is 7.86. The van der Waals surface area contributed by atoms with Crippen molar-refractivity contribution in [1.82, 2.24) is 9.99 Å². The lowest BCUT2D eigenvalue weighted by atomic mass is 10.2. The number of para-hydroxylation sites is 1. The Hall–Kier alpha value is -4.86. The van der Waals surface area contributed by atoms with Gasteiger partial charge in [0.05, 0.1) is 18.2 Å². The van der Waals surface area contributed by atoms with Crippen LogP contribution in [0.25, 0.3) is 5.69 Å². The van der Waals surface area contributed by atoms with Crippen molar-refractivity contribution in [3.63, 3.8) is 0 Å². The quantitative estimate of drug-likeness (QED) is 0.202. The number of ether oxygens (including phenoxy) is 2. The lowest BCUT2D eigenvalue weighted by Gasteiger charge is -2.10. The van der Waals surface area contributed by atoms with Crippen LogP contribution in [0.15, 0.2) is 76.2 Å². The second-order valence-electron chi connectivity index (χ2n) is 7.86. The van der Waals surface area contributed by atoms with Gasteiger partial charge < -0.3 is 18.5 Å². The molecule has 0 saturated heterocycles. The molecule has 1 N–H and O–H groups in total. The number of hydrogen-bond donors (Lipinski definition) is 1. The van der Waals surface area contributed by atoms with Gasteiger partial charge in [0.2, 0.25) is 5.75 Å². The fourth-order valence-electron chi connectivity index (χ4n) is 3.72. The summed E-state index contributed by atoms with van der Waals surface area (Å²) in [7, 11) is 1.32. The van der Waals surface area contributed by atoms with Gasteiger partial charge in [-0.05, 0) is 68.4 Å². The Morgan fingerprint density at radius 2 is 1.81 bits per heavy atom. The summed E-state index contributed by atoms with van der Waals surface area (Å²) < 4.78 is 18.6. The largest absolute Gasteiger partial charge is 0.490 e. The summed E-state index contributed by atoms with van der Waals surface area (Å²) in [5.41, 5.74) is 5.81. The Morgan fingerprint density at radius 3 is 2.47 bits per heavy atom. The van der Waals surface area contributed by atoms with Crippen molar-refractivity contribution in [2.75, 3.05) is 7.11 Å². The molecule has 2 heterocycles. The number of hydrogen-bond acceptors (Lipinski definition) is 7. The topological polar surface area (TPSA) is 121 Å². The number of rotatable bonds is 9. The zero-order valence-electron chi connectivity index (χ0n) is 19.9. The number of carbonyl (C=O) groups excluding carboxylic acids is 1. The van der Waals surface area contributed by atoms with E-state index in [-0.39, 0.29) is 23.8 Å². The Bertz CT molecular complexity index is 1400. The molecule has 4 rings (SSSR count). The lowest BCUT2D eigenvalue weighted by Crippen LogP contribution is -2.16. The minimum atomic E-state index is -0.580. The van der Waals surface area contributed by atoms with Gasteiger partial charge in [-0.25, -0.2) is 5.43 Å².